The molecule has 8 nitrogen and oxygen atoms in total. The Hall–Kier alpha value is -2.32. The molecule has 0 aliphatic carbocycles. The number of rotatable bonds is 7. The highest BCUT2D eigenvalue weighted by Crippen LogP contribution is 2.55. The van der Waals surface area contributed by atoms with Crippen molar-refractivity contribution in [2.45, 2.75) is 49.4 Å². The van der Waals surface area contributed by atoms with Crippen LogP contribution in [0, 0.1) is 10.1 Å². The summed E-state index contributed by atoms with van der Waals surface area (Å²) in [5.74, 6) is -1.05. The fourth-order valence-electron chi connectivity index (χ4n) is 3.27. The van der Waals surface area contributed by atoms with Crippen LogP contribution in [-0.2, 0) is 0 Å². The number of aliphatic hydroxyl groups excluding tert-OH is 1. The minimum absolute atomic E-state index is 0.0517. The van der Waals surface area contributed by atoms with Crippen molar-refractivity contribution < 1.29 is 41.1 Å². The second-order valence-electron chi connectivity index (χ2n) is 6.77. The Balaban J connectivity index is 2.60. The number of nitrogens with two attached hydrogens (primary N) is 2. The van der Waals surface area contributed by atoms with Crippen LogP contribution in [-0.4, -0.2) is 47.2 Å². The molecule has 1 aliphatic rings. The second kappa shape index (κ2) is 8.43. The van der Waals surface area contributed by atoms with E-state index in [1.165, 1.54) is 0 Å². The van der Waals surface area contributed by atoms with E-state index in [2.05, 4.69) is 10.1 Å². The van der Waals surface area contributed by atoms with Crippen LogP contribution < -0.4 is 21.5 Å². The van der Waals surface area contributed by atoms with Gasteiger partial charge < -0.3 is 26.6 Å². The number of nitrogens with zero attached hydrogens (tertiary/aromatic N) is 1. The molecule has 2 atom stereocenters. The molecule has 1 aliphatic heterocycles. The molecular formula is C16H20F6N4O4. The average Bonchev–Trinajstić information content (AvgIpc) is 2.60. The number of hydrogen-bond donors (Lipinski definition) is 4. The number of unbranched alkanes of at least 4 members (excludes halogenated alkanes) is 2. The molecule has 170 valence electrons. The van der Waals surface area contributed by atoms with E-state index in [1.807, 2.05) is 0 Å². The molecule has 1 heterocycles. The van der Waals surface area contributed by atoms with Gasteiger partial charge in [-0.05, 0) is 32.0 Å². The van der Waals surface area contributed by atoms with Crippen molar-refractivity contribution in [2.75, 3.05) is 18.8 Å². The van der Waals surface area contributed by atoms with Crippen molar-refractivity contribution in [1.82, 2.24) is 5.32 Å². The van der Waals surface area contributed by atoms with Crippen LogP contribution in [0.1, 0.15) is 30.9 Å². The van der Waals surface area contributed by atoms with E-state index in [0.717, 1.165) is 6.07 Å². The largest absolute Gasteiger partial charge is 0.466 e. The summed E-state index contributed by atoms with van der Waals surface area (Å²) >= 11 is 0. The van der Waals surface area contributed by atoms with Gasteiger partial charge in [0.1, 0.15) is 17.5 Å². The van der Waals surface area contributed by atoms with Crippen molar-refractivity contribution >= 4 is 11.4 Å². The number of benzene rings is 1. The maximum absolute atomic E-state index is 13.6. The van der Waals surface area contributed by atoms with Crippen LogP contribution in [0.2, 0.25) is 0 Å². The van der Waals surface area contributed by atoms with Gasteiger partial charge in [0.15, 0.2) is 0 Å². The van der Waals surface area contributed by atoms with E-state index >= 15 is 0 Å². The molecule has 2 rings (SSSR count). The van der Waals surface area contributed by atoms with Gasteiger partial charge in [0, 0.05) is 5.56 Å². The first-order valence-electron chi connectivity index (χ1n) is 8.79. The highest BCUT2D eigenvalue weighted by atomic mass is 19.4. The van der Waals surface area contributed by atoms with Crippen molar-refractivity contribution in [2.24, 2.45) is 5.73 Å². The molecule has 0 aromatic heterocycles. The van der Waals surface area contributed by atoms with Gasteiger partial charge >= 0.3 is 18.0 Å². The van der Waals surface area contributed by atoms with Gasteiger partial charge in [-0.2, -0.15) is 26.3 Å². The number of nitro benzene ring substituents is 1. The molecule has 0 bridgehead atoms. The van der Waals surface area contributed by atoms with Crippen LogP contribution in [0.25, 0.3) is 0 Å². The zero-order valence-corrected chi connectivity index (χ0v) is 15.4. The Morgan fingerprint density at radius 3 is 2.27 bits per heavy atom. The summed E-state index contributed by atoms with van der Waals surface area (Å²) in [5, 5.41) is 23.7. The Labute approximate surface area is 166 Å². The number of aliphatic hydroxyl groups is 1. The standard InChI is InChI=1S/C16H20F6N4O4/c17-15(18,19)14(16(20,21)22)13(27)12(25-5-3-1-2-4-23)8-6-9(24)10(26(28)29)7-11(8)30-14/h6-7,12-13,25,27H,1-5,23-24H2. The number of nitrogen functional groups attached to an aromatic ring is 1. The van der Waals surface area contributed by atoms with Crippen LogP contribution in [0.3, 0.4) is 0 Å². The number of alkyl halides is 6. The fraction of sp³-hybridized carbons (Fsp3) is 0.625. The van der Waals surface area contributed by atoms with Gasteiger partial charge in [-0.25, -0.2) is 0 Å². The summed E-state index contributed by atoms with van der Waals surface area (Å²) in [5.41, 5.74) is 4.07. The Kier molecular flexibility index (Phi) is 6.73. The monoisotopic (exact) mass is 446 g/mol. The normalized spacial score (nSPS) is 21.1. The van der Waals surface area contributed by atoms with E-state index in [-0.39, 0.29) is 12.1 Å². The van der Waals surface area contributed by atoms with Crippen molar-refractivity contribution in [3.05, 3.63) is 27.8 Å². The number of anilines is 1. The van der Waals surface area contributed by atoms with Crippen molar-refractivity contribution in [3.63, 3.8) is 0 Å². The van der Waals surface area contributed by atoms with Gasteiger partial charge in [0.2, 0.25) is 0 Å². The maximum Gasteiger partial charge on any atom is 0.440 e. The predicted octanol–water partition coefficient (Wildman–Crippen LogP) is 2.55. The third kappa shape index (κ3) is 4.11. The molecule has 14 heteroatoms. The lowest BCUT2D eigenvalue weighted by Crippen LogP contribution is -2.71. The number of fused-ring (bicyclic) bond motifs is 1. The van der Waals surface area contributed by atoms with E-state index < -0.39 is 52.1 Å². The summed E-state index contributed by atoms with van der Waals surface area (Å²) in [6, 6.07) is -0.686. The van der Waals surface area contributed by atoms with Crippen LogP contribution in [0.15, 0.2) is 12.1 Å². The molecule has 6 N–H and O–H groups in total. The van der Waals surface area contributed by atoms with E-state index in [0.29, 0.717) is 31.9 Å². The highest BCUT2D eigenvalue weighted by Gasteiger charge is 2.79. The van der Waals surface area contributed by atoms with Gasteiger partial charge in [-0.15, -0.1) is 0 Å². The molecule has 1 aromatic carbocycles. The lowest BCUT2D eigenvalue weighted by Gasteiger charge is -2.47. The molecule has 0 fully saturated rings. The summed E-state index contributed by atoms with van der Waals surface area (Å²) in [4.78, 5) is 9.96. The molecule has 2 unspecified atom stereocenters. The van der Waals surface area contributed by atoms with Gasteiger partial charge in [0.25, 0.3) is 5.69 Å². The topological polar surface area (TPSA) is 137 Å². The summed E-state index contributed by atoms with van der Waals surface area (Å²) in [7, 11) is 0. The van der Waals surface area contributed by atoms with E-state index in [1.54, 1.807) is 0 Å². The lowest BCUT2D eigenvalue weighted by atomic mass is 9.82. The quantitative estimate of drug-likeness (QED) is 0.166. The van der Waals surface area contributed by atoms with E-state index in [9.17, 15) is 41.6 Å². The first kappa shape index (κ1) is 24.0. The smallest absolute Gasteiger partial charge is 0.440 e. The molecule has 0 radical (unpaired) electrons. The predicted molar refractivity (Wildman–Crippen MR) is 92.6 cm³/mol. The zero-order chi connectivity index (χ0) is 22.9. The Morgan fingerprint density at radius 2 is 1.77 bits per heavy atom. The van der Waals surface area contributed by atoms with E-state index in [4.69, 9.17) is 11.5 Å². The number of ether oxygens (including phenoxy) is 1. The zero-order valence-electron chi connectivity index (χ0n) is 15.4. The molecule has 0 amide bonds. The molecule has 1 aromatic rings. The molecule has 0 spiro atoms. The van der Waals surface area contributed by atoms with Gasteiger partial charge in [0.05, 0.1) is 17.0 Å². The first-order valence-corrected chi connectivity index (χ1v) is 8.79. The Morgan fingerprint density at radius 1 is 1.17 bits per heavy atom. The van der Waals surface area contributed by atoms with Gasteiger partial charge in [-0.3, -0.25) is 10.1 Å². The average molecular weight is 446 g/mol. The first-order chi connectivity index (χ1) is 13.8. The van der Waals surface area contributed by atoms with Crippen LogP contribution in [0.5, 0.6) is 5.75 Å². The molecule has 30 heavy (non-hydrogen) atoms. The second-order valence-corrected chi connectivity index (χ2v) is 6.77. The lowest BCUT2D eigenvalue weighted by molar-refractivity contribution is -0.389. The van der Waals surface area contributed by atoms with Crippen LogP contribution in [0.4, 0.5) is 37.7 Å². The number of halogens is 6. The SMILES string of the molecule is NCCCCCNC1c2cc(N)c([N+](=O)[O-])cc2OC(C(F)(F)F)(C(F)(F)F)C1O. The van der Waals surface area contributed by atoms with Crippen LogP contribution >= 0.6 is 0 Å². The summed E-state index contributed by atoms with van der Waals surface area (Å²) in [6.45, 7) is 0.304. The third-order valence-electron chi connectivity index (χ3n) is 4.78. The van der Waals surface area contributed by atoms with Gasteiger partial charge in [-0.1, -0.05) is 6.42 Å². The number of nitrogens with one attached hydrogen (secondary N) is 1. The third-order valence-corrected chi connectivity index (χ3v) is 4.78. The number of nitro groups is 1. The molecule has 0 saturated carbocycles. The molecular weight excluding hydrogens is 426 g/mol. The summed E-state index contributed by atoms with van der Waals surface area (Å²) in [6.07, 6.45) is -13.8. The van der Waals surface area contributed by atoms with Crippen molar-refractivity contribution in [1.29, 1.82) is 0 Å². The number of hydrogen-bond acceptors (Lipinski definition) is 7. The molecule has 0 saturated heterocycles. The minimum atomic E-state index is -6.09. The summed E-state index contributed by atoms with van der Waals surface area (Å²) < 4.78 is 86.1. The fourth-order valence-corrected chi connectivity index (χ4v) is 3.27. The van der Waals surface area contributed by atoms with Crippen molar-refractivity contribution in [3.8, 4) is 5.75 Å². The maximum atomic E-state index is 13.6. The Bertz CT molecular complexity index is 772. The minimum Gasteiger partial charge on any atom is -0.466 e. The highest BCUT2D eigenvalue weighted by molar-refractivity contribution is 5.65.